The Labute approximate surface area is 244 Å². The smallest absolute Gasteiger partial charge is 0.337 e. The van der Waals surface area contributed by atoms with Crippen LogP contribution in [0.1, 0.15) is 72.1 Å². The van der Waals surface area contributed by atoms with Gasteiger partial charge in [-0.25, -0.2) is 4.79 Å². The summed E-state index contributed by atoms with van der Waals surface area (Å²) in [4.78, 5) is 11.9. The second kappa shape index (κ2) is 11.4. The summed E-state index contributed by atoms with van der Waals surface area (Å²) in [6.45, 7) is 5.80. The monoisotopic (exact) mass is 546 g/mol. The largest absolute Gasteiger partial charge is 0.491 e. The second-order valence-electron chi connectivity index (χ2n) is 12.4. The number of aromatic carboxylic acids is 1. The van der Waals surface area contributed by atoms with Gasteiger partial charge in [-0.3, -0.25) is 0 Å². The maximum Gasteiger partial charge on any atom is 0.337 e. The topological polar surface area (TPSA) is 77.5 Å². The lowest BCUT2D eigenvalue weighted by Gasteiger charge is -2.43. The Bertz CT molecular complexity index is 1580. The van der Waals surface area contributed by atoms with E-state index in [1.165, 1.54) is 36.0 Å². The number of aryl methyl sites for hydroxylation is 2. The van der Waals surface area contributed by atoms with Crippen LogP contribution in [0, 0.1) is 17.8 Å². The maximum absolute atomic E-state index is 11.9. The summed E-state index contributed by atoms with van der Waals surface area (Å²) in [5.74, 6) is 2.27. The van der Waals surface area contributed by atoms with Crippen LogP contribution in [-0.2, 0) is 13.0 Å². The number of benzene rings is 3. The zero-order valence-corrected chi connectivity index (χ0v) is 24.1. The van der Waals surface area contributed by atoms with E-state index in [9.17, 15) is 9.90 Å². The summed E-state index contributed by atoms with van der Waals surface area (Å²) in [6.07, 6.45) is 7.13. The van der Waals surface area contributed by atoms with E-state index in [1.807, 2.05) is 30.5 Å². The number of para-hydroxylation sites is 1. The summed E-state index contributed by atoms with van der Waals surface area (Å²) in [5.41, 5.74) is 13.5. The fraction of sp³-hybridized carbons (Fsp3) is 0.400. The van der Waals surface area contributed by atoms with Gasteiger partial charge < -0.3 is 20.1 Å². The molecule has 0 spiro atoms. The molecule has 4 atom stereocenters. The van der Waals surface area contributed by atoms with Gasteiger partial charge >= 0.3 is 5.97 Å². The Hall–Kier alpha value is -3.51. The van der Waals surface area contributed by atoms with Gasteiger partial charge in [0.15, 0.2) is 0 Å². The highest BCUT2D eigenvalue weighted by atomic mass is 16.5. The van der Waals surface area contributed by atoms with Gasteiger partial charge in [-0.2, -0.15) is 0 Å². The van der Waals surface area contributed by atoms with Crippen LogP contribution in [0.25, 0.3) is 22.0 Å². The van der Waals surface area contributed by atoms with Gasteiger partial charge in [0.2, 0.25) is 0 Å². The summed E-state index contributed by atoms with van der Waals surface area (Å²) in [7, 11) is 6.30. The van der Waals surface area contributed by atoms with Crippen LogP contribution in [0.2, 0.25) is 6.32 Å². The number of nitrogens with two attached hydrogens (primary N) is 1. The number of carboxylic acids is 1. The third-order valence-corrected chi connectivity index (χ3v) is 9.27. The SMILES string of the molecule is [B]CC(CC(C)C)C1CCC1c1cc(CCn2ccc3cccc(C(=O)O)c32)cc(-c2ccc3c(c2)[C@H](N)CO3)c1. The predicted molar refractivity (Wildman–Crippen MR) is 166 cm³/mol. The molecule has 4 aromatic rings. The molecule has 3 unspecified atom stereocenters. The molecule has 0 amide bonds. The number of carboxylic acid groups (broad SMARTS) is 1. The van der Waals surface area contributed by atoms with Crippen LogP contribution in [0.15, 0.2) is 66.9 Å². The molecular formula is C35H39BN2O3. The average Bonchev–Trinajstić information content (AvgIpc) is 3.53. The first-order valence-electron chi connectivity index (χ1n) is 15.0. The molecule has 1 aromatic heterocycles. The lowest BCUT2D eigenvalue weighted by molar-refractivity contribution is 0.0698. The third-order valence-electron chi connectivity index (χ3n) is 9.27. The fourth-order valence-corrected chi connectivity index (χ4v) is 7.09. The van der Waals surface area contributed by atoms with E-state index >= 15 is 0 Å². The molecule has 1 saturated carbocycles. The lowest BCUT2D eigenvalue weighted by Crippen LogP contribution is -2.31. The van der Waals surface area contributed by atoms with Crippen molar-refractivity contribution in [3.05, 3.63) is 89.1 Å². The molecule has 2 radical (unpaired) electrons. The van der Waals surface area contributed by atoms with Crippen LogP contribution in [0.5, 0.6) is 5.75 Å². The normalized spacial score (nSPS) is 20.5. The van der Waals surface area contributed by atoms with E-state index in [-0.39, 0.29) is 6.04 Å². The summed E-state index contributed by atoms with van der Waals surface area (Å²) in [6, 6.07) is 20.8. The van der Waals surface area contributed by atoms with Crippen LogP contribution >= 0.6 is 0 Å². The minimum Gasteiger partial charge on any atom is -0.491 e. The van der Waals surface area contributed by atoms with Crippen molar-refractivity contribution in [3.8, 4) is 16.9 Å². The Kier molecular flexibility index (Phi) is 7.69. The summed E-state index contributed by atoms with van der Waals surface area (Å²) >= 11 is 0. The molecule has 3 aromatic carbocycles. The molecule has 0 saturated heterocycles. The Morgan fingerprint density at radius 3 is 2.68 bits per heavy atom. The van der Waals surface area contributed by atoms with Gasteiger partial charge in [0.1, 0.15) is 12.4 Å². The van der Waals surface area contributed by atoms with Crippen LogP contribution in [0.3, 0.4) is 0 Å². The number of rotatable bonds is 10. The Morgan fingerprint density at radius 1 is 1.10 bits per heavy atom. The van der Waals surface area contributed by atoms with Crippen molar-refractivity contribution in [2.75, 3.05) is 6.61 Å². The van der Waals surface area contributed by atoms with Crippen molar-refractivity contribution < 1.29 is 14.6 Å². The van der Waals surface area contributed by atoms with Gasteiger partial charge in [0.25, 0.3) is 0 Å². The predicted octanol–water partition coefficient (Wildman–Crippen LogP) is 7.38. The average molecular weight is 547 g/mol. The Balaban J connectivity index is 1.35. The fourth-order valence-electron chi connectivity index (χ4n) is 7.09. The van der Waals surface area contributed by atoms with Crippen molar-refractivity contribution in [3.63, 3.8) is 0 Å². The number of ether oxygens (including phenoxy) is 1. The minimum absolute atomic E-state index is 0.101. The molecule has 6 rings (SSSR count). The standard InChI is InChI=1S/C35H39BN2O3/c1-21(2)14-27(19-36)29-8-7-28(29)26-16-22(10-12-38-13-11-23-4-3-5-30(34(23)38)35(39)40)15-25(17-26)24-6-9-33-31(18-24)32(37)20-41-33/h3-6,9,11,13,15-18,21,27-29,32H,7-8,10,12,14,19-20,37H2,1-2H3,(H,39,40)/t27?,28?,29?,32-/m1/s1. The highest BCUT2D eigenvalue weighted by molar-refractivity contribution is 6.08. The first-order chi connectivity index (χ1) is 19.8. The molecule has 2 aliphatic rings. The molecule has 2 heterocycles. The lowest BCUT2D eigenvalue weighted by atomic mass is 9.60. The van der Waals surface area contributed by atoms with Crippen LogP contribution in [-0.4, -0.2) is 30.1 Å². The first kappa shape index (κ1) is 27.7. The van der Waals surface area contributed by atoms with Gasteiger partial charge in [-0.05, 0) is 95.9 Å². The zero-order valence-electron chi connectivity index (χ0n) is 24.1. The molecule has 0 bridgehead atoms. The van der Waals surface area contributed by atoms with Crippen molar-refractivity contribution in [2.45, 2.75) is 64.4 Å². The number of hydrogen-bond donors (Lipinski definition) is 2. The summed E-state index contributed by atoms with van der Waals surface area (Å²) < 4.78 is 7.84. The number of fused-ring (bicyclic) bond motifs is 2. The molecule has 1 aliphatic heterocycles. The minimum atomic E-state index is -0.898. The molecule has 6 heteroatoms. The van der Waals surface area contributed by atoms with E-state index in [4.69, 9.17) is 18.3 Å². The molecule has 3 N–H and O–H groups in total. The maximum atomic E-state index is 11.9. The first-order valence-corrected chi connectivity index (χ1v) is 15.0. The summed E-state index contributed by atoms with van der Waals surface area (Å²) in [5, 5.41) is 10.7. The zero-order chi connectivity index (χ0) is 28.7. The quantitative estimate of drug-likeness (QED) is 0.204. The van der Waals surface area contributed by atoms with Crippen LogP contribution in [0.4, 0.5) is 0 Å². The highest BCUT2D eigenvalue weighted by Crippen LogP contribution is 2.50. The molecular weight excluding hydrogens is 507 g/mol. The third kappa shape index (κ3) is 5.42. The van der Waals surface area contributed by atoms with E-state index < -0.39 is 5.97 Å². The van der Waals surface area contributed by atoms with Gasteiger partial charge in [-0.15, -0.1) is 0 Å². The van der Waals surface area contributed by atoms with Crippen molar-refractivity contribution in [1.29, 1.82) is 0 Å². The van der Waals surface area contributed by atoms with Crippen molar-refractivity contribution >= 4 is 24.7 Å². The number of hydrogen-bond acceptors (Lipinski definition) is 3. The number of nitrogens with zero attached hydrogens (tertiary/aromatic N) is 1. The second-order valence-corrected chi connectivity index (χ2v) is 12.4. The van der Waals surface area contributed by atoms with Crippen molar-refractivity contribution in [2.24, 2.45) is 23.5 Å². The van der Waals surface area contributed by atoms with E-state index in [0.717, 1.165) is 40.5 Å². The van der Waals surface area contributed by atoms with Crippen LogP contribution < -0.4 is 10.5 Å². The highest BCUT2D eigenvalue weighted by Gasteiger charge is 2.37. The number of carbonyl (C=O) groups is 1. The molecule has 210 valence electrons. The Morgan fingerprint density at radius 2 is 1.95 bits per heavy atom. The molecule has 41 heavy (non-hydrogen) atoms. The van der Waals surface area contributed by atoms with E-state index in [2.05, 4.69) is 48.7 Å². The van der Waals surface area contributed by atoms with E-state index in [1.54, 1.807) is 6.07 Å². The molecule has 1 aliphatic carbocycles. The molecule has 1 fully saturated rings. The van der Waals surface area contributed by atoms with E-state index in [0.29, 0.717) is 42.4 Å². The van der Waals surface area contributed by atoms with Gasteiger partial charge in [0.05, 0.1) is 25.0 Å². The number of aromatic nitrogens is 1. The van der Waals surface area contributed by atoms with Gasteiger partial charge in [-0.1, -0.05) is 56.6 Å². The van der Waals surface area contributed by atoms with Crippen molar-refractivity contribution in [1.82, 2.24) is 4.57 Å². The molecule has 5 nitrogen and oxygen atoms in total. The van der Waals surface area contributed by atoms with Gasteiger partial charge in [0, 0.05) is 23.7 Å².